The second-order valence-electron chi connectivity index (χ2n) is 6.15. The maximum Gasteiger partial charge on any atom is 0.326 e. The van der Waals surface area contributed by atoms with Crippen molar-refractivity contribution in [2.24, 2.45) is 11.8 Å². The van der Waals surface area contributed by atoms with Crippen molar-refractivity contribution in [1.82, 2.24) is 10.2 Å². The average Bonchev–Trinajstić information content (AvgIpc) is 2.85. The minimum absolute atomic E-state index is 0.142. The number of rotatable bonds is 7. The van der Waals surface area contributed by atoms with E-state index in [4.69, 9.17) is 4.74 Å². The van der Waals surface area contributed by atoms with Gasteiger partial charge in [0.1, 0.15) is 5.54 Å². The molecule has 1 rings (SSSR count). The van der Waals surface area contributed by atoms with E-state index in [9.17, 15) is 4.79 Å². The first-order valence-electron chi connectivity index (χ1n) is 7.51. The first kappa shape index (κ1) is 16.4. The van der Waals surface area contributed by atoms with Crippen LogP contribution in [-0.2, 0) is 9.53 Å². The van der Waals surface area contributed by atoms with E-state index < -0.39 is 5.54 Å². The van der Waals surface area contributed by atoms with Gasteiger partial charge in [0.05, 0.1) is 6.61 Å². The summed E-state index contributed by atoms with van der Waals surface area (Å²) in [4.78, 5) is 14.4. The van der Waals surface area contributed by atoms with E-state index in [1.807, 2.05) is 20.9 Å². The van der Waals surface area contributed by atoms with Crippen LogP contribution in [0.3, 0.4) is 0 Å². The van der Waals surface area contributed by atoms with Gasteiger partial charge in [0.2, 0.25) is 0 Å². The molecule has 4 heteroatoms. The fraction of sp³-hybridized carbons (Fsp3) is 0.933. The summed E-state index contributed by atoms with van der Waals surface area (Å²) in [6, 6.07) is 0. The molecule has 0 radical (unpaired) electrons. The highest BCUT2D eigenvalue weighted by molar-refractivity contribution is 5.80. The summed E-state index contributed by atoms with van der Waals surface area (Å²) in [7, 11) is 1.83. The number of hydrogen-bond donors (Lipinski definition) is 1. The van der Waals surface area contributed by atoms with E-state index in [-0.39, 0.29) is 5.97 Å². The molecule has 19 heavy (non-hydrogen) atoms. The zero-order chi connectivity index (χ0) is 14.5. The van der Waals surface area contributed by atoms with Gasteiger partial charge in [0.15, 0.2) is 0 Å². The number of nitrogens with one attached hydrogen (secondary N) is 1. The molecule has 0 bridgehead atoms. The summed E-state index contributed by atoms with van der Waals surface area (Å²) in [5.41, 5.74) is -0.564. The molecule has 0 aromatic rings. The fourth-order valence-electron chi connectivity index (χ4n) is 2.61. The highest BCUT2D eigenvalue weighted by Crippen LogP contribution is 2.24. The zero-order valence-electron chi connectivity index (χ0n) is 13.2. The van der Waals surface area contributed by atoms with Crippen molar-refractivity contribution >= 4 is 5.97 Å². The Bertz CT molecular complexity index is 294. The van der Waals surface area contributed by atoms with Crippen molar-refractivity contribution in [1.29, 1.82) is 0 Å². The smallest absolute Gasteiger partial charge is 0.326 e. The molecule has 0 spiro atoms. The molecule has 1 fully saturated rings. The molecule has 1 heterocycles. The van der Waals surface area contributed by atoms with Gasteiger partial charge < -0.3 is 15.0 Å². The molecule has 0 amide bonds. The number of ether oxygens (including phenoxy) is 1. The third-order valence-electron chi connectivity index (χ3n) is 4.46. The first-order valence-corrected chi connectivity index (χ1v) is 7.51. The summed E-state index contributed by atoms with van der Waals surface area (Å²) >= 11 is 0. The normalized spacial score (nSPS) is 23.6. The molecule has 1 N–H and O–H groups in total. The molecule has 2 unspecified atom stereocenters. The van der Waals surface area contributed by atoms with Crippen LogP contribution in [0.25, 0.3) is 0 Å². The van der Waals surface area contributed by atoms with Gasteiger partial charge in [-0.1, -0.05) is 13.8 Å². The number of esters is 1. The Morgan fingerprint density at radius 3 is 2.68 bits per heavy atom. The van der Waals surface area contributed by atoms with Crippen LogP contribution in [0.15, 0.2) is 0 Å². The lowest BCUT2D eigenvalue weighted by molar-refractivity contribution is -0.150. The van der Waals surface area contributed by atoms with Crippen LogP contribution in [0, 0.1) is 11.8 Å². The maximum absolute atomic E-state index is 12.0. The van der Waals surface area contributed by atoms with E-state index in [2.05, 4.69) is 24.1 Å². The molecule has 112 valence electrons. The van der Waals surface area contributed by atoms with Crippen molar-refractivity contribution in [3.63, 3.8) is 0 Å². The molecule has 1 aliphatic heterocycles. The van der Waals surface area contributed by atoms with E-state index in [1.165, 1.54) is 13.0 Å². The number of hydrogen-bond acceptors (Lipinski definition) is 4. The van der Waals surface area contributed by atoms with E-state index in [1.54, 1.807) is 0 Å². The predicted molar refractivity (Wildman–Crippen MR) is 78.1 cm³/mol. The molecule has 0 aromatic carbocycles. The molecule has 0 aromatic heterocycles. The van der Waals surface area contributed by atoms with Gasteiger partial charge in [0, 0.05) is 13.1 Å². The lowest BCUT2D eigenvalue weighted by Crippen LogP contribution is -2.50. The number of carbonyl (C=O) groups is 1. The van der Waals surface area contributed by atoms with E-state index >= 15 is 0 Å². The van der Waals surface area contributed by atoms with Gasteiger partial charge >= 0.3 is 5.97 Å². The monoisotopic (exact) mass is 270 g/mol. The van der Waals surface area contributed by atoms with Crippen LogP contribution < -0.4 is 5.32 Å². The van der Waals surface area contributed by atoms with Gasteiger partial charge in [-0.05, 0) is 52.1 Å². The second kappa shape index (κ2) is 7.25. The second-order valence-corrected chi connectivity index (χ2v) is 6.15. The minimum atomic E-state index is -0.564. The van der Waals surface area contributed by atoms with Gasteiger partial charge in [0.25, 0.3) is 0 Å². The predicted octanol–water partition coefficient (Wildman–Crippen LogP) is 1.90. The van der Waals surface area contributed by atoms with Gasteiger partial charge in [-0.3, -0.25) is 4.79 Å². The Morgan fingerprint density at radius 2 is 2.21 bits per heavy atom. The van der Waals surface area contributed by atoms with E-state index in [0.29, 0.717) is 6.61 Å². The highest BCUT2D eigenvalue weighted by Gasteiger charge is 2.34. The topological polar surface area (TPSA) is 41.6 Å². The van der Waals surface area contributed by atoms with Crippen molar-refractivity contribution in [3.05, 3.63) is 0 Å². The quantitative estimate of drug-likeness (QED) is 0.717. The summed E-state index contributed by atoms with van der Waals surface area (Å²) in [6.45, 7) is 12.1. The third kappa shape index (κ3) is 4.46. The largest absolute Gasteiger partial charge is 0.465 e. The number of carbonyl (C=O) groups excluding carboxylic acids is 1. The molecular formula is C15H30N2O2. The Kier molecular flexibility index (Phi) is 6.27. The molecule has 0 saturated carbocycles. The van der Waals surface area contributed by atoms with Crippen LogP contribution in [0.1, 0.15) is 40.5 Å². The molecule has 1 saturated heterocycles. The van der Waals surface area contributed by atoms with Crippen molar-refractivity contribution in [2.75, 3.05) is 33.3 Å². The molecule has 0 aliphatic carbocycles. The standard InChI is InChI=1S/C15H30N2O2/c1-6-19-14(18)15(4,16-5)8-10-17-9-7-13(11-17)12(2)3/h12-13,16H,6-11H2,1-5H3. The molecule has 1 aliphatic rings. The summed E-state index contributed by atoms with van der Waals surface area (Å²) in [5.74, 6) is 1.42. The third-order valence-corrected chi connectivity index (χ3v) is 4.46. The van der Waals surface area contributed by atoms with Gasteiger partial charge in [-0.15, -0.1) is 0 Å². The van der Waals surface area contributed by atoms with Crippen LogP contribution in [-0.4, -0.2) is 49.7 Å². The Hall–Kier alpha value is -0.610. The number of likely N-dealkylation sites (N-methyl/N-ethyl adjacent to an activating group) is 1. The van der Waals surface area contributed by atoms with Crippen molar-refractivity contribution in [3.8, 4) is 0 Å². The van der Waals surface area contributed by atoms with Crippen LogP contribution >= 0.6 is 0 Å². The SMILES string of the molecule is CCOC(=O)C(C)(CCN1CCC(C(C)C)C1)NC. The van der Waals surface area contributed by atoms with Crippen LogP contribution in [0.2, 0.25) is 0 Å². The molecule has 4 nitrogen and oxygen atoms in total. The highest BCUT2D eigenvalue weighted by atomic mass is 16.5. The summed E-state index contributed by atoms with van der Waals surface area (Å²) in [6.07, 6.45) is 2.08. The van der Waals surface area contributed by atoms with Crippen LogP contribution in [0.5, 0.6) is 0 Å². The average molecular weight is 270 g/mol. The number of likely N-dealkylation sites (tertiary alicyclic amines) is 1. The van der Waals surface area contributed by atoms with Gasteiger partial charge in [-0.25, -0.2) is 0 Å². The van der Waals surface area contributed by atoms with Crippen molar-refractivity contribution < 1.29 is 9.53 Å². The summed E-state index contributed by atoms with van der Waals surface area (Å²) in [5, 5.41) is 3.12. The van der Waals surface area contributed by atoms with E-state index in [0.717, 1.165) is 31.3 Å². The molecule has 2 atom stereocenters. The zero-order valence-corrected chi connectivity index (χ0v) is 13.2. The Balaban J connectivity index is 2.44. The maximum atomic E-state index is 12.0. The Labute approximate surface area is 117 Å². The number of nitrogens with zero attached hydrogens (tertiary/aromatic N) is 1. The lowest BCUT2D eigenvalue weighted by atomic mass is 9.95. The van der Waals surface area contributed by atoms with Crippen LogP contribution in [0.4, 0.5) is 0 Å². The Morgan fingerprint density at radius 1 is 1.53 bits per heavy atom. The molecular weight excluding hydrogens is 240 g/mol. The van der Waals surface area contributed by atoms with Crippen molar-refractivity contribution in [2.45, 2.75) is 46.1 Å². The summed E-state index contributed by atoms with van der Waals surface area (Å²) < 4.78 is 5.15. The first-order chi connectivity index (χ1) is 8.92. The minimum Gasteiger partial charge on any atom is -0.465 e. The lowest BCUT2D eigenvalue weighted by Gasteiger charge is -2.29. The van der Waals surface area contributed by atoms with Gasteiger partial charge in [-0.2, -0.15) is 0 Å². The fourth-order valence-corrected chi connectivity index (χ4v) is 2.61.